The van der Waals surface area contributed by atoms with Crippen LogP contribution in [-0.4, -0.2) is 24.2 Å². The number of nitrogens with one attached hydrogen (secondary N) is 1. The van der Waals surface area contributed by atoms with Crippen LogP contribution in [0.5, 0.6) is 0 Å². The zero-order valence-corrected chi connectivity index (χ0v) is 17.1. The van der Waals surface area contributed by atoms with Gasteiger partial charge in [-0.15, -0.1) is 0 Å². The molecule has 0 aliphatic heterocycles. The summed E-state index contributed by atoms with van der Waals surface area (Å²) in [7, 11) is 0. The first kappa shape index (κ1) is 21.6. The second-order valence-electron chi connectivity index (χ2n) is 7.45. The third kappa shape index (κ3) is 4.82. The molecule has 1 heterocycles. The van der Waals surface area contributed by atoms with Crippen molar-refractivity contribution >= 4 is 12.2 Å². The molecule has 0 atom stereocenters. The zero-order chi connectivity index (χ0) is 22.6. The fraction of sp³-hybridized carbons (Fsp3) is 0.200. The van der Waals surface area contributed by atoms with Crippen LogP contribution in [0.1, 0.15) is 34.6 Å². The maximum atomic E-state index is 12.7. The van der Waals surface area contributed by atoms with Crippen LogP contribution in [0.3, 0.4) is 0 Å². The van der Waals surface area contributed by atoms with Gasteiger partial charge in [0.15, 0.2) is 0 Å². The highest BCUT2D eigenvalue weighted by atomic mass is 19.4. The van der Waals surface area contributed by atoms with Crippen LogP contribution in [0.2, 0.25) is 0 Å². The van der Waals surface area contributed by atoms with Crippen molar-refractivity contribution < 1.29 is 22.7 Å². The van der Waals surface area contributed by atoms with Gasteiger partial charge in [0.1, 0.15) is 6.61 Å². The monoisotopic (exact) mass is 438 g/mol. The number of carbonyl (C=O) groups is 1. The Morgan fingerprint density at radius 2 is 1.69 bits per heavy atom. The first-order valence-corrected chi connectivity index (χ1v) is 10.2. The maximum absolute atomic E-state index is 12.7. The summed E-state index contributed by atoms with van der Waals surface area (Å²) in [5.41, 5.74) is 4.15. The van der Waals surface area contributed by atoms with Gasteiger partial charge in [0.2, 0.25) is 0 Å². The first-order chi connectivity index (χ1) is 15.4. The standard InChI is InChI=1S/C25H21F3N2O2/c26-25(27,28)18-13-17(14-29-15-18)7-5-6-12-30-24(31)32-16-23-21-10-3-1-8-19(21)20-9-2-4-11-22(20)23/h1-5,7-11,13-15,23H,6,12,16H2,(H,30,31). The van der Waals surface area contributed by atoms with E-state index in [0.29, 0.717) is 18.5 Å². The van der Waals surface area contributed by atoms with Crippen molar-refractivity contribution in [1.29, 1.82) is 0 Å². The Bertz CT molecular complexity index is 1100. The molecule has 164 valence electrons. The fourth-order valence-corrected chi connectivity index (χ4v) is 3.83. The van der Waals surface area contributed by atoms with Crippen LogP contribution in [-0.2, 0) is 10.9 Å². The molecule has 1 aromatic heterocycles. The zero-order valence-electron chi connectivity index (χ0n) is 17.1. The average molecular weight is 438 g/mol. The van der Waals surface area contributed by atoms with E-state index >= 15 is 0 Å². The van der Waals surface area contributed by atoms with Crippen LogP contribution < -0.4 is 5.32 Å². The molecule has 0 saturated heterocycles. The van der Waals surface area contributed by atoms with E-state index in [4.69, 9.17) is 4.74 Å². The van der Waals surface area contributed by atoms with Gasteiger partial charge in [-0.1, -0.05) is 60.7 Å². The molecule has 0 radical (unpaired) electrons. The average Bonchev–Trinajstić information content (AvgIpc) is 3.11. The third-order valence-electron chi connectivity index (χ3n) is 5.32. The van der Waals surface area contributed by atoms with Gasteiger partial charge in [0.05, 0.1) is 5.56 Å². The normalized spacial score (nSPS) is 13.1. The van der Waals surface area contributed by atoms with Crippen molar-refractivity contribution in [2.45, 2.75) is 18.5 Å². The number of halogens is 3. The van der Waals surface area contributed by atoms with E-state index in [1.807, 2.05) is 24.3 Å². The van der Waals surface area contributed by atoms with Crippen molar-refractivity contribution in [1.82, 2.24) is 10.3 Å². The number of hydrogen-bond acceptors (Lipinski definition) is 3. The number of pyridine rings is 1. The molecule has 0 fully saturated rings. The number of hydrogen-bond donors (Lipinski definition) is 1. The van der Waals surface area contributed by atoms with Crippen molar-refractivity contribution in [2.75, 3.05) is 13.2 Å². The first-order valence-electron chi connectivity index (χ1n) is 10.2. The predicted molar refractivity (Wildman–Crippen MR) is 116 cm³/mol. The number of amides is 1. The van der Waals surface area contributed by atoms with Gasteiger partial charge < -0.3 is 10.1 Å². The number of nitrogens with zero attached hydrogens (tertiary/aromatic N) is 1. The molecule has 32 heavy (non-hydrogen) atoms. The van der Waals surface area contributed by atoms with Crippen LogP contribution in [0.15, 0.2) is 73.1 Å². The summed E-state index contributed by atoms with van der Waals surface area (Å²) in [6.45, 7) is 0.533. The van der Waals surface area contributed by atoms with Crippen LogP contribution in [0.25, 0.3) is 17.2 Å². The second-order valence-corrected chi connectivity index (χ2v) is 7.45. The van der Waals surface area contributed by atoms with E-state index in [9.17, 15) is 18.0 Å². The lowest BCUT2D eigenvalue weighted by molar-refractivity contribution is -0.137. The van der Waals surface area contributed by atoms with Gasteiger partial charge in [0, 0.05) is 24.9 Å². The van der Waals surface area contributed by atoms with Gasteiger partial charge in [-0.2, -0.15) is 13.2 Å². The summed E-state index contributed by atoms with van der Waals surface area (Å²) in [5.74, 6) is -0.0125. The second kappa shape index (κ2) is 9.26. The summed E-state index contributed by atoms with van der Waals surface area (Å²) in [5, 5.41) is 2.67. The molecule has 0 bridgehead atoms. The number of alkyl halides is 3. The van der Waals surface area contributed by atoms with Crippen molar-refractivity contribution in [3.05, 3.63) is 95.3 Å². The highest BCUT2D eigenvalue weighted by molar-refractivity contribution is 5.79. The van der Waals surface area contributed by atoms with Crippen molar-refractivity contribution in [2.24, 2.45) is 0 Å². The summed E-state index contributed by atoms with van der Waals surface area (Å²) < 4.78 is 43.6. The Morgan fingerprint density at radius 1 is 1.03 bits per heavy atom. The Labute approximate surface area is 183 Å². The summed E-state index contributed by atoms with van der Waals surface area (Å²) in [6, 6.07) is 17.2. The van der Waals surface area contributed by atoms with Crippen LogP contribution >= 0.6 is 0 Å². The maximum Gasteiger partial charge on any atom is 0.417 e. The topological polar surface area (TPSA) is 51.2 Å². The van der Waals surface area contributed by atoms with Gasteiger partial charge in [-0.3, -0.25) is 4.98 Å². The number of benzene rings is 2. The summed E-state index contributed by atoms with van der Waals surface area (Å²) in [6.07, 6.45) is 0.854. The lowest BCUT2D eigenvalue weighted by atomic mass is 9.98. The molecule has 4 rings (SSSR count). The van der Waals surface area contributed by atoms with Crippen molar-refractivity contribution in [3.63, 3.8) is 0 Å². The number of aromatic nitrogens is 1. The molecule has 3 aromatic rings. The minimum absolute atomic E-state index is 0.0125. The van der Waals surface area contributed by atoms with E-state index in [0.717, 1.165) is 34.5 Å². The van der Waals surface area contributed by atoms with E-state index in [1.165, 1.54) is 6.20 Å². The molecule has 0 saturated carbocycles. The van der Waals surface area contributed by atoms with Gasteiger partial charge >= 0.3 is 12.3 Å². The van der Waals surface area contributed by atoms with Crippen LogP contribution in [0, 0.1) is 0 Å². The summed E-state index contributed by atoms with van der Waals surface area (Å²) >= 11 is 0. The Hall–Kier alpha value is -3.61. The molecule has 0 unspecified atom stereocenters. The third-order valence-corrected chi connectivity index (χ3v) is 5.32. The number of ether oxygens (including phenoxy) is 1. The molecule has 1 amide bonds. The molecule has 1 N–H and O–H groups in total. The Kier molecular flexibility index (Phi) is 6.25. The van der Waals surface area contributed by atoms with E-state index in [1.54, 1.807) is 12.2 Å². The molecule has 2 aromatic carbocycles. The number of carbonyl (C=O) groups excluding carboxylic acids is 1. The molecule has 7 heteroatoms. The predicted octanol–water partition coefficient (Wildman–Crippen LogP) is 6.04. The fourth-order valence-electron chi connectivity index (χ4n) is 3.83. The van der Waals surface area contributed by atoms with Gasteiger partial charge in [-0.05, 0) is 40.3 Å². The molecule has 0 spiro atoms. The summed E-state index contributed by atoms with van der Waals surface area (Å²) in [4.78, 5) is 15.7. The van der Waals surface area contributed by atoms with E-state index in [2.05, 4.69) is 34.6 Å². The molecular weight excluding hydrogens is 417 g/mol. The molecule has 4 nitrogen and oxygen atoms in total. The molecular formula is C25H21F3N2O2. The lowest BCUT2D eigenvalue weighted by Gasteiger charge is -2.14. The number of fused-ring (bicyclic) bond motifs is 3. The van der Waals surface area contributed by atoms with E-state index < -0.39 is 17.8 Å². The highest BCUT2D eigenvalue weighted by Gasteiger charge is 2.31. The van der Waals surface area contributed by atoms with Gasteiger partial charge in [-0.25, -0.2) is 4.79 Å². The Balaban J connectivity index is 1.26. The SMILES string of the molecule is O=C(NCCC=Cc1cncc(C(F)(F)F)c1)OCC1c2ccccc2-c2ccccc21. The lowest BCUT2D eigenvalue weighted by Crippen LogP contribution is -2.26. The number of alkyl carbamates (subject to hydrolysis) is 1. The van der Waals surface area contributed by atoms with Gasteiger partial charge in [0.25, 0.3) is 0 Å². The number of rotatable bonds is 6. The van der Waals surface area contributed by atoms with Crippen LogP contribution in [0.4, 0.5) is 18.0 Å². The smallest absolute Gasteiger partial charge is 0.417 e. The minimum Gasteiger partial charge on any atom is -0.449 e. The highest BCUT2D eigenvalue weighted by Crippen LogP contribution is 2.44. The minimum atomic E-state index is -4.43. The quantitative estimate of drug-likeness (QED) is 0.477. The Morgan fingerprint density at radius 3 is 2.34 bits per heavy atom. The largest absolute Gasteiger partial charge is 0.449 e. The van der Waals surface area contributed by atoms with E-state index in [-0.39, 0.29) is 12.5 Å². The van der Waals surface area contributed by atoms with Crippen molar-refractivity contribution in [3.8, 4) is 11.1 Å². The molecule has 1 aliphatic rings. The molecule has 1 aliphatic carbocycles.